The van der Waals surface area contributed by atoms with Crippen molar-refractivity contribution in [2.45, 2.75) is 13.0 Å². The summed E-state index contributed by atoms with van der Waals surface area (Å²) in [5, 5.41) is 6.56. The molecule has 1 unspecified atom stereocenters. The predicted octanol–water partition coefficient (Wildman–Crippen LogP) is 1.92. The molecule has 1 aromatic carbocycles. The zero-order valence-corrected chi connectivity index (χ0v) is 11.7. The molecule has 0 aliphatic rings. The normalized spacial score (nSPS) is 12.8. The van der Waals surface area contributed by atoms with Crippen molar-refractivity contribution in [3.05, 3.63) is 51.5 Å². The van der Waals surface area contributed by atoms with E-state index in [0.29, 0.717) is 5.69 Å². The van der Waals surface area contributed by atoms with Crippen LogP contribution in [0.25, 0.3) is 16.6 Å². The number of aromatic amines is 1. The van der Waals surface area contributed by atoms with Gasteiger partial charge in [0, 0.05) is 6.20 Å². The van der Waals surface area contributed by atoms with Gasteiger partial charge >= 0.3 is 0 Å². The van der Waals surface area contributed by atoms with Crippen LogP contribution in [0.2, 0.25) is 5.02 Å². The van der Waals surface area contributed by atoms with Gasteiger partial charge in [0.1, 0.15) is 17.2 Å². The summed E-state index contributed by atoms with van der Waals surface area (Å²) >= 11 is 6.02. The Hall–Kier alpha value is -2.25. The van der Waals surface area contributed by atoms with E-state index in [1.165, 1.54) is 29.1 Å². The second-order valence-corrected chi connectivity index (χ2v) is 5.02. The summed E-state index contributed by atoms with van der Waals surface area (Å²) in [6.45, 7) is 1.66. The average Bonchev–Trinajstić information content (AvgIpc) is 2.95. The lowest BCUT2D eigenvalue weighted by Gasteiger charge is -2.15. The van der Waals surface area contributed by atoms with Crippen LogP contribution in [0.5, 0.6) is 0 Å². The van der Waals surface area contributed by atoms with Crippen molar-refractivity contribution < 1.29 is 4.39 Å². The lowest BCUT2D eigenvalue weighted by atomic mass is 10.2. The third-order valence-electron chi connectivity index (χ3n) is 3.10. The molecule has 3 rings (SSSR count). The van der Waals surface area contributed by atoms with Crippen LogP contribution in [0.15, 0.2) is 29.3 Å². The van der Waals surface area contributed by atoms with E-state index in [2.05, 4.69) is 15.2 Å². The molecule has 0 spiro atoms. The van der Waals surface area contributed by atoms with E-state index in [9.17, 15) is 9.18 Å². The minimum atomic E-state index is -0.618. The van der Waals surface area contributed by atoms with Crippen molar-refractivity contribution in [1.82, 2.24) is 19.7 Å². The molecular weight excluding hydrogens is 297 g/mol. The van der Waals surface area contributed by atoms with Gasteiger partial charge in [0.15, 0.2) is 0 Å². The van der Waals surface area contributed by atoms with Crippen molar-refractivity contribution in [2.24, 2.45) is 5.73 Å². The highest BCUT2D eigenvalue weighted by Gasteiger charge is 2.19. The minimum Gasteiger partial charge on any atom is -0.322 e. The second kappa shape index (κ2) is 4.94. The zero-order valence-electron chi connectivity index (χ0n) is 11.0. The summed E-state index contributed by atoms with van der Waals surface area (Å²) in [4.78, 5) is 16.9. The molecule has 3 N–H and O–H groups in total. The monoisotopic (exact) mass is 307 g/mol. The lowest BCUT2D eigenvalue weighted by molar-refractivity contribution is 0.630. The number of nitrogens with zero attached hydrogens (tertiary/aromatic N) is 3. The Balaban J connectivity index is 2.52. The van der Waals surface area contributed by atoms with E-state index >= 15 is 0 Å². The van der Waals surface area contributed by atoms with Gasteiger partial charge in [0.25, 0.3) is 5.56 Å². The Labute approximate surface area is 123 Å². The molecule has 0 saturated carbocycles. The lowest BCUT2D eigenvalue weighted by Crippen LogP contribution is -2.27. The third-order valence-corrected chi connectivity index (χ3v) is 3.41. The zero-order chi connectivity index (χ0) is 15.1. The molecule has 0 aliphatic heterocycles. The summed E-state index contributed by atoms with van der Waals surface area (Å²) in [5.74, 6) is -0.386. The topological polar surface area (TPSA) is 89.6 Å². The highest BCUT2D eigenvalue weighted by molar-refractivity contribution is 6.35. The quantitative estimate of drug-likeness (QED) is 0.757. The van der Waals surface area contributed by atoms with Gasteiger partial charge in [0.05, 0.1) is 28.3 Å². The van der Waals surface area contributed by atoms with Gasteiger partial charge in [-0.3, -0.25) is 14.5 Å². The summed E-state index contributed by atoms with van der Waals surface area (Å²) in [7, 11) is 0. The highest BCUT2D eigenvalue weighted by atomic mass is 35.5. The van der Waals surface area contributed by atoms with Gasteiger partial charge in [-0.2, -0.15) is 5.10 Å². The first-order valence-electron chi connectivity index (χ1n) is 6.16. The first kappa shape index (κ1) is 13.7. The van der Waals surface area contributed by atoms with Crippen LogP contribution in [0, 0.1) is 5.82 Å². The molecule has 1 atom stereocenters. The van der Waals surface area contributed by atoms with Crippen LogP contribution < -0.4 is 11.3 Å². The molecule has 0 fully saturated rings. The number of nitrogens with two attached hydrogens (primary N) is 1. The van der Waals surface area contributed by atoms with Crippen molar-refractivity contribution in [1.29, 1.82) is 0 Å². The molecule has 0 radical (unpaired) electrons. The van der Waals surface area contributed by atoms with E-state index in [0.717, 1.165) is 0 Å². The van der Waals surface area contributed by atoms with Crippen molar-refractivity contribution in [3.8, 4) is 5.69 Å². The third kappa shape index (κ3) is 2.10. The van der Waals surface area contributed by atoms with Crippen LogP contribution in [-0.4, -0.2) is 19.7 Å². The molecule has 0 bridgehead atoms. The van der Waals surface area contributed by atoms with Gasteiger partial charge in [-0.15, -0.1) is 0 Å². The molecule has 21 heavy (non-hydrogen) atoms. The fourth-order valence-corrected chi connectivity index (χ4v) is 2.39. The van der Waals surface area contributed by atoms with Gasteiger partial charge in [-0.1, -0.05) is 11.6 Å². The van der Waals surface area contributed by atoms with Crippen LogP contribution in [-0.2, 0) is 0 Å². The number of hydrogen-bond acceptors (Lipinski definition) is 4. The number of rotatable bonds is 2. The SMILES string of the molecule is CC(N)c1nc2c(F)ccc(Cl)c2c(=O)n1-c1cn[nH]c1. The second-order valence-electron chi connectivity index (χ2n) is 4.61. The van der Waals surface area contributed by atoms with Crippen LogP contribution in [0.3, 0.4) is 0 Å². The smallest absolute Gasteiger partial charge is 0.267 e. The number of benzene rings is 1. The molecule has 108 valence electrons. The number of halogens is 2. The Morgan fingerprint density at radius 3 is 2.86 bits per heavy atom. The largest absolute Gasteiger partial charge is 0.322 e. The summed E-state index contributed by atoms with van der Waals surface area (Å²) < 4.78 is 15.2. The summed E-state index contributed by atoms with van der Waals surface area (Å²) in [6.07, 6.45) is 2.97. The van der Waals surface area contributed by atoms with E-state index < -0.39 is 17.4 Å². The van der Waals surface area contributed by atoms with Crippen molar-refractivity contribution in [3.63, 3.8) is 0 Å². The number of aromatic nitrogens is 4. The molecule has 0 aliphatic carbocycles. The fraction of sp³-hybridized carbons (Fsp3) is 0.154. The first-order chi connectivity index (χ1) is 10.0. The standard InChI is InChI=1S/C13H11ClFN5O/c1-6(16)12-19-11-9(15)3-2-8(14)10(11)13(21)20(12)7-4-17-18-5-7/h2-6H,16H2,1H3,(H,17,18). The van der Waals surface area contributed by atoms with Gasteiger partial charge in [-0.25, -0.2) is 9.37 Å². The Morgan fingerprint density at radius 1 is 1.48 bits per heavy atom. The summed E-state index contributed by atoms with van der Waals surface area (Å²) in [5.41, 5.74) is 5.75. The molecule has 6 nitrogen and oxygen atoms in total. The molecule has 0 saturated heterocycles. The number of fused-ring (bicyclic) bond motifs is 1. The van der Waals surface area contributed by atoms with E-state index in [1.54, 1.807) is 6.92 Å². The van der Waals surface area contributed by atoms with E-state index in [-0.39, 0.29) is 21.7 Å². The van der Waals surface area contributed by atoms with Crippen LogP contribution in [0.4, 0.5) is 4.39 Å². The highest BCUT2D eigenvalue weighted by Crippen LogP contribution is 2.24. The van der Waals surface area contributed by atoms with E-state index in [1.807, 2.05) is 0 Å². The average molecular weight is 308 g/mol. The number of H-pyrrole nitrogens is 1. The van der Waals surface area contributed by atoms with Gasteiger partial charge in [-0.05, 0) is 19.1 Å². The van der Waals surface area contributed by atoms with E-state index in [4.69, 9.17) is 17.3 Å². The molecule has 3 aromatic rings. The number of nitrogens with one attached hydrogen (secondary N) is 1. The molecular formula is C13H11ClFN5O. The molecule has 0 amide bonds. The minimum absolute atomic E-state index is 0.0160. The Bertz CT molecular complexity index is 872. The molecule has 8 heteroatoms. The van der Waals surface area contributed by atoms with Gasteiger partial charge in [0.2, 0.25) is 0 Å². The first-order valence-corrected chi connectivity index (χ1v) is 6.54. The maximum absolute atomic E-state index is 13.9. The Morgan fingerprint density at radius 2 is 2.24 bits per heavy atom. The van der Waals surface area contributed by atoms with Crippen molar-refractivity contribution >= 4 is 22.5 Å². The predicted molar refractivity (Wildman–Crippen MR) is 77.1 cm³/mol. The van der Waals surface area contributed by atoms with Gasteiger partial charge < -0.3 is 5.73 Å². The fourth-order valence-electron chi connectivity index (χ4n) is 2.16. The molecule has 2 heterocycles. The summed E-state index contributed by atoms with van der Waals surface area (Å²) in [6, 6.07) is 1.92. The Kier molecular flexibility index (Phi) is 3.23. The maximum atomic E-state index is 13.9. The maximum Gasteiger partial charge on any atom is 0.267 e. The molecule has 2 aromatic heterocycles. The van der Waals surface area contributed by atoms with Crippen LogP contribution >= 0.6 is 11.6 Å². The van der Waals surface area contributed by atoms with Crippen molar-refractivity contribution in [2.75, 3.05) is 0 Å². The number of hydrogen-bond donors (Lipinski definition) is 2. The van der Waals surface area contributed by atoms with Crippen LogP contribution in [0.1, 0.15) is 18.8 Å².